The van der Waals surface area contributed by atoms with E-state index < -0.39 is 0 Å². The van der Waals surface area contributed by atoms with Crippen LogP contribution in [0.2, 0.25) is 15.1 Å². The number of rotatable bonds is 1. The van der Waals surface area contributed by atoms with Crippen LogP contribution in [0.15, 0.2) is 36.4 Å². The van der Waals surface area contributed by atoms with Crippen molar-refractivity contribution in [1.82, 2.24) is 9.97 Å². The summed E-state index contributed by atoms with van der Waals surface area (Å²) < 4.78 is 0. The predicted octanol–water partition coefficient (Wildman–Crippen LogP) is 5.19. The van der Waals surface area contributed by atoms with Gasteiger partial charge >= 0.3 is 0 Å². The molecule has 0 fully saturated rings. The third-order valence-electron chi connectivity index (χ3n) is 2.64. The van der Waals surface area contributed by atoms with E-state index in [0.29, 0.717) is 26.4 Å². The summed E-state index contributed by atoms with van der Waals surface area (Å²) in [6.45, 7) is 0. The van der Waals surface area contributed by atoms with Gasteiger partial charge in [-0.2, -0.15) is 0 Å². The van der Waals surface area contributed by atoms with Gasteiger partial charge in [0.1, 0.15) is 11.3 Å². The molecule has 2 aromatic carbocycles. The van der Waals surface area contributed by atoms with Gasteiger partial charge in [0.25, 0.3) is 0 Å². The normalized spacial score (nSPS) is 11.1. The summed E-state index contributed by atoms with van der Waals surface area (Å²) in [6, 6.07) is 10.9. The Balaban J connectivity index is 2.26. The first-order chi connectivity index (χ1) is 8.65. The highest BCUT2D eigenvalue weighted by atomic mass is 35.5. The Labute approximate surface area is 119 Å². The smallest absolute Gasteiger partial charge is 0.138 e. The monoisotopic (exact) mass is 296 g/mol. The van der Waals surface area contributed by atoms with E-state index in [0.717, 1.165) is 11.1 Å². The molecule has 0 aliphatic heterocycles. The van der Waals surface area contributed by atoms with Gasteiger partial charge in [0.2, 0.25) is 0 Å². The number of imidazole rings is 1. The topological polar surface area (TPSA) is 28.7 Å². The highest BCUT2D eigenvalue weighted by Crippen LogP contribution is 2.31. The number of nitrogens with zero attached hydrogens (tertiary/aromatic N) is 1. The van der Waals surface area contributed by atoms with E-state index in [2.05, 4.69) is 9.97 Å². The van der Waals surface area contributed by atoms with Crippen molar-refractivity contribution >= 4 is 45.8 Å². The van der Waals surface area contributed by atoms with Crippen molar-refractivity contribution in [2.24, 2.45) is 0 Å². The molecule has 0 aliphatic rings. The number of fused-ring (bicyclic) bond motifs is 1. The fourth-order valence-electron chi connectivity index (χ4n) is 1.80. The average molecular weight is 298 g/mol. The lowest BCUT2D eigenvalue weighted by Gasteiger charge is -1.96. The highest BCUT2D eigenvalue weighted by Gasteiger charge is 2.11. The molecule has 5 heteroatoms. The number of hydrogen-bond acceptors (Lipinski definition) is 1. The zero-order valence-electron chi connectivity index (χ0n) is 9.05. The lowest BCUT2D eigenvalue weighted by molar-refractivity contribution is 1.34. The zero-order chi connectivity index (χ0) is 12.7. The van der Waals surface area contributed by atoms with Crippen LogP contribution in [0.25, 0.3) is 22.4 Å². The van der Waals surface area contributed by atoms with Crippen LogP contribution in [-0.2, 0) is 0 Å². The van der Waals surface area contributed by atoms with Crippen LogP contribution in [0.3, 0.4) is 0 Å². The van der Waals surface area contributed by atoms with Crippen LogP contribution in [0.1, 0.15) is 0 Å². The minimum Gasteiger partial charge on any atom is -0.337 e. The Morgan fingerprint density at radius 2 is 1.72 bits per heavy atom. The largest absolute Gasteiger partial charge is 0.337 e. The van der Waals surface area contributed by atoms with Crippen molar-refractivity contribution in [3.8, 4) is 11.4 Å². The number of aromatic nitrogens is 2. The fraction of sp³-hybridized carbons (Fsp3) is 0. The van der Waals surface area contributed by atoms with E-state index in [-0.39, 0.29) is 0 Å². The number of H-pyrrole nitrogens is 1. The Kier molecular flexibility index (Phi) is 2.94. The molecule has 90 valence electrons. The summed E-state index contributed by atoms with van der Waals surface area (Å²) in [5.74, 6) is 0.697. The summed E-state index contributed by atoms with van der Waals surface area (Å²) in [5, 5.41) is 1.82. The van der Waals surface area contributed by atoms with E-state index in [4.69, 9.17) is 34.8 Å². The summed E-state index contributed by atoms with van der Waals surface area (Å²) in [4.78, 5) is 7.62. The SMILES string of the molecule is Clc1cccc(-c2nc3c(Cl)ccc(Cl)c3[nH]2)c1. The molecule has 0 atom stereocenters. The van der Waals surface area contributed by atoms with Crippen LogP contribution in [0.4, 0.5) is 0 Å². The van der Waals surface area contributed by atoms with Gasteiger partial charge in [-0.25, -0.2) is 4.98 Å². The van der Waals surface area contributed by atoms with Crippen LogP contribution in [0.5, 0.6) is 0 Å². The quantitative estimate of drug-likeness (QED) is 0.658. The number of benzene rings is 2. The van der Waals surface area contributed by atoms with Crippen molar-refractivity contribution in [2.75, 3.05) is 0 Å². The minimum atomic E-state index is 0.568. The van der Waals surface area contributed by atoms with Gasteiger partial charge in [0.15, 0.2) is 0 Å². The molecular formula is C13H7Cl3N2. The van der Waals surface area contributed by atoms with Gasteiger partial charge in [-0.1, -0.05) is 46.9 Å². The lowest BCUT2D eigenvalue weighted by Crippen LogP contribution is -1.79. The number of hydrogen-bond donors (Lipinski definition) is 1. The van der Waals surface area contributed by atoms with Crippen molar-refractivity contribution in [1.29, 1.82) is 0 Å². The summed E-state index contributed by atoms with van der Waals surface area (Å²) in [6.07, 6.45) is 0. The first-order valence-electron chi connectivity index (χ1n) is 5.25. The molecule has 0 bridgehead atoms. The Morgan fingerprint density at radius 1 is 0.944 bits per heavy atom. The second kappa shape index (κ2) is 4.47. The highest BCUT2D eigenvalue weighted by molar-refractivity contribution is 6.39. The second-order valence-corrected chi connectivity index (χ2v) is 5.10. The average Bonchev–Trinajstić information content (AvgIpc) is 2.80. The summed E-state index contributed by atoms with van der Waals surface area (Å²) in [5.41, 5.74) is 2.30. The van der Waals surface area contributed by atoms with Crippen LogP contribution in [-0.4, -0.2) is 9.97 Å². The van der Waals surface area contributed by atoms with E-state index >= 15 is 0 Å². The predicted molar refractivity (Wildman–Crippen MR) is 76.6 cm³/mol. The second-order valence-electron chi connectivity index (χ2n) is 3.85. The molecule has 3 aromatic rings. The number of aromatic amines is 1. The van der Waals surface area contributed by atoms with Gasteiger partial charge < -0.3 is 4.98 Å². The molecule has 18 heavy (non-hydrogen) atoms. The number of halogens is 3. The van der Waals surface area contributed by atoms with Gasteiger partial charge in [0, 0.05) is 10.6 Å². The molecule has 0 saturated carbocycles. The van der Waals surface area contributed by atoms with E-state index in [9.17, 15) is 0 Å². The van der Waals surface area contributed by atoms with Gasteiger partial charge in [-0.3, -0.25) is 0 Å². The lowest BCUT2D eigenvalue weighted by atomic mass is 10.2. The molecule has 0 spiro atoms. The van der Waals surface area contributed by atoms with Crippen molar-refractivity contribution in [2.45, 2.75) is 0 Å². The van der Waals surface area contributed by atoms with Crippen LogP contribution < -0.4 is 0 Å². The van der Waals surface area contributed by atoms with Crippen molar-refractivity contribution in [3.63, 3.8) is 0 Å². The zero-order valence-corrected chi connectivity index (χ0v) is 11.3. The maximum atomic E-state index is 6.11. The van der Waals surface area contributed by atoms with Crippen LogP contribution >= 0.6 is 34.8 Å². The van der Waals surface area contributed by atoms with Crippen LogP contribution in [0, 0.1) is 0 Å². The van der Waals surface area contributed by atoms with Crippen molar-refractivity contribution < 1.29 is 0 Å². The Hall–Kier alpha value is -1.22. The molecule has 2 nitrogen and oxygen atoms in total. The van der Waals surface area contributed by atoms with E-state index in [1.807, 2.05) is 24.3 Å². The van der Waals surface area contributed by atoms with E-state index in [1.165, 1.54) is 0 Å². The first kappa shape index (κ1) is 11.8. The van der Waals surface area contributed by atoms with E-state index in [1.54, 1.807) is 12.1 Å². The van der Waals surface area contributed by atoms with Gasteiger partial charge in [0.05, 0.1) is 15.6 Å². The molecule has 1 N–H and O–H groups in total. The maximum Gasteiger partial charge on any atom is 0.138 e. The fourth-order valence-corrected chi connectivity index (χ4v) is 2.39. The number of nitrogens with one attached hydrogen (secondary N) is 1. The third kappa shape index (κ3) is 1.97. The maximum absolute atomic E-state index is 6.11. The van der Waals surface area contributed by atoms with Crippen molar-refractivity contribution in [3.05, 3.63) is 51.5 Å². The summed E-state index contributed by atoms with van der Waals surface area (Å²) in [7, 11) is 0. The molecule has 0 saturated heterocycles. The molecule has 3 rings (SSSR count). The first-order valence-corrected chi connectivity index (χ1v) is 6.38. The Morgan fingerprint density at radius 3 is 2.44 bits per heavy atom. The molecule has 1 heterocycles. The molecule has 0 amide bonds. The molecular weight excluding hydrogens is 291 g/mol. The molecule has 0 radical (unpaired) electrons. The standard InChI is InChI=1S/C13H7Cl3N2/c14-8-3-1-2-7(6-8)13-17-11-9(15)4-5-10(16)12(11)18-13/h1-6H,(H,17,18). The molecule has 0 unspecified atom stereocenters. The van der Waals surface area contributed by atoms with Gasteiger partial charge in [-0.05, 0) is 24.3 Å². The molecule has 1 aromatic heterocycles. The van der Waals surface area contributed by atoms with Gasteiger partial charge in [-0.15, -0.1) is 0 Å². The third-order valence-corrected chi connectivity index (χ3v) is 3.50. The summed E-state index contributed by atoms with van der Waals surface area (Å²) >= 11 is 18.2. The Bertz CT molecular complexity index is 695. The molecule has 0 aliphatic carbocycles. The minimum absolute atomic E-state index is 0.568.